The van der Waals surface area contributed by atoms with Gasteiger partial charge in [0.05, 0.1) is 18.8 Å². The molecule has 1 aromatic heterocycles. The maximum atomic E-state index is 11.8. The van der Waals surface area contributed by atoms with Crippen molar-refractivity contribution in [2.24, 2.45) is 7.05 Å². The molecule has 4 rings (SSSR count). The summed E-state index contributed by atoms with van der Waals surface area (Å²) < 4.78 is 12.7. The van der Waals surface area contributed by atoms with Crippen LogP contribution in [0.5, 0.6) is 0 Å². The number of carbonyl (C=O) groups excluding carboxylic acids is 1. The summed E-state index contributed by atoms with van der Waals surface area (Å²) in [4.78, 5) is 16.2. The SMILES string of the molecule is Cn1ccnc1SC[C@@H]1C[C@H](c2ccc(CO)cc2)O[C@H](c2ccc(CNC(=O)C(Cl)(Cl)Cl)cc2)O1. The number of alkyl halides is 3. The molecular weight excluding hydrogens is 545 g/mol. The zero-order chi connectivity index (χ0) is 25.7. The minimum Gasteiger partial charge on any atom is -0.392 e. The number of nitrogens with zero attached hydrogens (tertiary/aromatic N) is 2. The summed E-state index contributed by atoms with van der Waals surface area (Å²) in [5.74, 6) is 0.0375. The Labute approximate surface area is 229 Å². The summed E-state index contributed by atoms with van der Waals surface area (Å²) in [5, 5.41) is 12.9. The maximum absolute atomic E-state index is 11.8. The molecule has 2 N–H and O–H groups in total. The van der Waals surface area contributed by atoms with Gasteiger partial charge in [-0.2, -0.15) is 0 Å². The second-order valence-corrected chi connectivity index (χ2v) is 11.7. The van der Waals surface area contributed by atoms with Crippen LogP contribution in [-0.2, 0) is 34.5 Å². The van der Waals surface area contributed by atoms with E-state index >= 15 is 0 Å². The van der Waals surface area contributed by atoms with Gasteiger partial charge in [-0.15, -0.1) is 0 Å². The lowest BCUT2D eigenvalue weighted by atomic mass is 10.0. The number of aryl methyl sites for hydroxylation is 1. The van der Waals surface area contributed by atoms with Crippen LogP contribution in [0.2, 0.25) is 0 Å². The van der Waals surface area contributed by atoms with Crippen LogP contribution >= 0.6 is 46.6 Å². The van der Waals surface area contributed by atoms with Gasteiger partial charge in [-0.3, -0.25) is 4.79 Å². The number of rotatable bonds is 8. The molecule has 3 aromatic rings. The molecular formula is C25H26Cl3N3O4S. The van der Waals surface area contributed by atoms with Crippen LogP contribution in [0.25, 0.3) is 0 Å². The van der Waals surface area contributed by atoms with Gasteiger partial charge in [-0.1, -0.05) is 95.1 Å². The molecule has 1 fully saturated rings. The molecule has 0 bridgehead atoms. The average molecular weight is 571 g/mol. The molecule has 1 saturated heterocycles. The number of hydrogen-bond donors (Lipinski definition) is 2. The predicted molar refractivity (Wildman–Crippen MR) is 141 cm³/mol. The standard InChI is InChI=1S/C25H26Cl3N3O4S/c1-31-11-10-29-24(31)36-15-20-12-21(18-6-4-17(14-32)5-7-18)35-22(34-20)19-8-2-16(3-9-19)13-30-23(33)25(26,27)28/h2-11,20-22,32H,12-15H2,1H3,(H,30,33)/t20-,21+,22+/m0/s1. The molecule has 36 heavy (non-hydrogen) atoms. The molecule has 0 unspecified atom stereocenters. The molecule has 0 aliphatic carbocycles. The number of imidazole rings is 1. The number of aliphatic hydroxyl groups excluding tert-OH is 1. The summed E-state index contributed by atoms with van der Waals surface area (Å²) in [6.07, 6.45) is 3.56. The van der Waals surface area contributed by atoms with Crippen LogP contribution in [0.15, 0.2) is 66.1 Å². The lowest BCUT2D eigenvalue weighted by Gasteiger charge is -2.36. The van der Waals surface area contributed by atoms with Gasteiger partial charge in [-0.25, -0.2) is 4.98 Å². The first-order valence-corrected chi connectivity index (χ1v) is 13.4. The Bertz CT molecular complexity index is 1150. The molecule has 11 heteroatoms. The smallest absolute Gasteiger partial charge is 0.272 e. The topological polar surface area (TPSA) is 85.6 Å². The second kappa shape index (κ2) is 12.2. The van der Waals surface area contributed by atoms with Gasteiger partial charge in [0.2, 0.25) is 0 Å². The number of aromatic nitrogens is 2. The fourth-order valence-electron chi connectivity index (χ4n) is 3.76. The van der Waals surface area contributed by atoms with E-state index in [-0.39, 0.29) is 25.4 Å². The second-order valence-electron chi connectivity index (χ2n) is 8.40. The summed E-state index contributed by atoms with van der Waals surface area (Å²) in [6.45, 7) is 0.219. The van der Waals surface area contributed by atoms with Gasteiger partial charge in [-0.05, 0) is 16.7 Å². The van der Waals surface area contributed by atoms with E-state index in [1.165, 1.54) is 0 Å². The fraction of sp³-hybridized carbons (Fsp3) is 0.360. The number of thioether (sulfide) groups is 1. The molecule has 0 spiro atoms. The molecule has 192 valence electrons. The van der Waals surface area contributed by atoms with Crippen LogP contribution in [-0.4, -0.2) is 36.2 Å². The predicted octanol–water partition coefficient (Wildman–Crippen LogP) is 5.24. The first-order valence-electron chi connectivity index (χ1n) is 11.3. The van der Waals surface area contributed by atoms with Crippen molar-refractivity contribution >= 4 is 52.5 Å². The van der Waals surface area contributed by atoms with Crippen molar-refractivity contribution in [2.75, 3.05) is 5.75 Å². The molecule has 1 amide bonds. The third-order valence-electron chi connectivity index (χ3n) is 5.75. The van der Waals surface area contributed by atoms with Crippen molar-refractivity contribution in [3.05, 3.63) is 83.2 Å². The van der Waals surface area contributed by atoms with Crippen LogP contribution < -0.4 is 5.32 Å². The highest BCUT2D eigenvalue weighted by molar-refractivity contribution is 7.99. The van der Waals surface area contributed by atoms with E-state index in [1.54, 1.807) is 18.0 Å². The fourth-order valence-corrected chi connectivity index (χ4v) is 4.91. The van der Waals surface area contributed by atoms with Gasteiger partial charge in [0.15, 0.2) is 11.4 Å². The average Bonchev–Trinajstić information content (AvgIpc) is 3.30. The molecule has 2 aromatic carbocycles. The molecule has 2 heterocycles. The number of ether oxygens (including phenoxy) is 2. The lowest BCUT2D eigenvalue weighted by molar-refractivity contribution is -0.245. The minimum atomic E-state index is -2.00. The Balaban J connectivity index is 1.47. The zero-order valence-corrected chi connectivity index (χ0v) is 22.5. The summed E-state index contributed by atoms with van der Waals surface area (Å²) in [7, 11) is 1.96. The van der Waals surface area contributed by atoms with E-state index < -0.39 is 16.0 Å². The molecule has 7 nitrogen and oxygen atoms in total. The van der Waals surface area contributed by atoms with Crippen molar-refractivity contribution < 1.29 is 19.4 Å². The van der Waals surface area contributed by atoms with E-state index in [1.807, 2.05) is 66.3 Å². The van der Waals surface area contributed by atoms with Gasteiger partial charge < -0.3 is 24.5 Å². The molecule has 3 atom stereocenters. The monoisotopic (exact) mass is 569 g/mol. The summed E-state index contributed by atoms with van der Waals surface area (Å²) in [5.41, 5.74) is 3.57. The van der Waals surface area contributed by atoms with E-state index in [9.17, 15) is 9.90 Å². The van der Waals surface area contributed by atoms with Crippen molar-refractivity contribution in [3.63, 3.8) is 0 Å². The quantitative estimate of drug-likeness (QED) is 0.285. The lowest BCUT2D eigenvalue weighted by Crippen LogP contribution is -2.34. The number of benzene rings is 2. The number of aliphatic hydroxyl groups is 1. The number of nitrogens with one attached hydrogen (secondary N) is 1. The van der Waals surface area contributed by atoms with Crippen molar-refractivity contribution in [1.29, 1.82) is 0 Å². The van der Waals surface area contributed by atoms with Gasteiger partial charge in [0.1, 0.15) is 0 Å². The third-order valence-corrected chi connectivity index (χ3v) is 7.46. The van der Waals surface area contributed by atoms with Gasteiger partial charge in [0.25, 0.3) is 9.70 Å². The Kier molecular flexibility index (Phi) is 9.22. The van der Waals surface area contributed by atoms with E-state index in [0.29, 0.717) is 6.42 Å². The van der Waals surface area contributed by atoms with Crippen LogP contribution in [0.1, 0.15) is 41.1 Å². The zero-order valence-electron chi connectivity index (χ0n) is 19.4. The van der Waals surface area contributed by atoms with Crippen molar-refractivity contribution in [2.45, 2.75) is 47.0 Å². The van der Waals surface area contributed by atoms with Crippen molar-refractivity contribution in [1.82, 2.24) is 14.9 Å². The Morgan fingerprint density at radius 3 is 2.39 bits per heavy atom. The van der Waals surface area contributed by atoms with Crippen molar-refractivity contribution in [3.8, 4) is 0 Å². The normalized spacial score (nSPS) is 20.3. The molecule has 0 radical (unpaired) electrons. The van der Waals surface area contributed by atoms with Crippen LogP contribution in [0.3, 0.4) is 0 Å². The number of carbonyl (C=O) groups is 1. The molecule has 1 aliphatic rings. The Morgan fingerprint density at radius 1 is 1.11 bits per heavy atom. The third kappa shape index (κ3) is 7.16. The maximum Gasteiger partial charge on any atom is 0.272 e. The molecule has 0 saturated carbocycles. The van der Waals surface area contributed by atoms with E-state index in [4.69, 9.17) is 44.3 Å². The van der Waals surface area contributed by atoms with Crippen LogP contribution in [0, 0.1) is 0 Å². The van der Waals surface area contributed by atoms with E-state index in [0.717, 1.165) is 33.2 Å². The summed E-state index contributed by atoms with van der Waals surface area (Å²) >= 11 is 18.5. The summed E-state index contributed by atoms with van der Waals surface area (Å²) in [6, 6.07) is 15.3. The highest BCUT2D eigenvalue weighted by Gasteiger charge is 2.33. The van der Waals surface area contributed by atoms with Gasteiger partial charge >= 0.3 is 0 Å². The highest BCUT2D eigenvalue weighted by Crippen LogP contribution is 2.39. The Hall–Kier alpha value is -1.78. The first kappa shape index (κ1) is 27.3. The highest BCUT2D eigenvalue weighted by atomic mass is 35.6. The largest absolute Gasteiger partial charge is 0.392 e. The van der Waals surface area contributed by atoms with Crippen LogP contribution in [0.4, 0.5) is 0 Å². The molecule has 1 aliphatic heterocycles. The van der Waals surface area contributed by atoms with E-state index in [2.05, 4.69) is 10.3 Å². The van der Waals surface area contributed by atoms with Gasteiger partial charge in [0, 0.05) is 43.7 Å². The first-order chi connectivity index (χ1) is 17.2. The number of halogens is 3. The number of amides is 1. The minimum absolute atomic E-state index is 0.00502. The Morgan fingerprint density at radius 2 is 1.78 bits per heavy atom. The number of hydrogen-bond acceptors (Lipinski definition) is 6.